The van der Waals surface area contributed by atoms with Crippen LogP contribution in [0.2, 0.25) is 0 Å². The molecule has 2 atom stereocenters. The minimum Gasteiger partial charge on any atom is -0.501 e. The van der Waals surface area contributed by atoms with Crippen LogP contribution in [0.25, 0.3) is 0 Å². The molecule has 0 spiro atoms. The van der Waals surface area contributed by atoms with Crippen molar-refractivity contribution in [3.05, 3.63) is 11.8 Å². The van der Waals surface area contributed by atoms with Gasteiger partial charge < -0.3 is 14.2 Å². The first kappa shape index (κ1) is 14.5. The minimum atomic E-state index is -0.451. The Labute approximate surface area is 107 Å². The highest BCUT2D eigenvalue weighted by atomic mass is 16.6. The van der Waals surface area contributed by atoms with Gasteiger partial charge in [0.15, 0.2) is 0 Å². The Balaban J connectivity index is 2.69. The van der Waals surface area contributed by atoms with Crippen LogP contribution in [0.15, 0.2) is 11.8 Å². The summed E-state index contributed by atoms with van der Waals surface area (Å²) in [5, 5.41) is 0. The average Bonchev–Trinajstić information content (AvgIpc) is 2.33. The lowest BCUT2D eigenvalue weighted by Crippen LogP contribution is -2.37. The molecule has 0 aromatic rings. The number of esters is 2. The summed E-state index contributed by atoms with van der Waals surface area (Å²) < 4.78 is 15.5. The maximum absolute atomic E-state index is 11.4. The topological polar surface area (TPSA) is 61.8 Å². The molecule has 1 aliphatic heterocycles. The maximum atomic E-state index is 11.4. The Morgan fingerprint density at radius 2 is 2.33 bits per heavy atom. The fourth-order valence-electron chi connectivity index (χ4n) is 1.90. The number of hydrogen-bond acceptors (Lipinski definition) is 5. The van der Waals surface area contributed by atoms with E-state index in [0.717, 1.165) is 12.8 Å². The molecule has 5 nitrogen and oxygen atoms in total. The molecule has 1 aliphatic rings. The third kappa shape index (κ3) is 4.39. The molecule has 5 heteroatoms. The number of ether oxygens (including phenoxy) is 3. The first-order chi connectivity index (χ1) is 8.56. The number of unbranched alkanes of at least 4 members (excludes halogenated alkanes) is 1. The summed E-state index contributed by atoms with van der Waals surface area (Å²) in [6.45, 7) is 3.41. The van der Waals surface area contributed by atoms with Gasteiger partial charge in [-0.2, -0.15) is 0 Å². The smallest absolute Gasteiger partial charge is 0.334 e. The summed E-state index contributed by atoms with van der Waals surface area (Å²) >= 11 is 0. The molecular formula is C13H20O5. The Kier molecular flexibility index (Phi) is 5.68. The fourth-order valence-corrected chi connectivity index (χ4v) is 1.90. The lowest BCUT2D eigenvalue weighted by molar-refractivity contribution is -0.166. The quantitative estimate of drug-likeness (QED) is 0.680. The zero-order valence-electron chi connectivity index (χ0n) is 11.1. The molecule has 1 rings (SSSR count). The van der Waals surface area contributed by atoms with Gasteiger partial charge in [0.2, 0.25) is 0 Å². The predicted molar refractivity (Wildman–Crippen MR) is 64.7 cm³/mol. The van der Waals surface area contributed by atoms with E-state index in [0.29, 0.717) is 18.6 Å². The van der Waals surface area contributed by atoms with Gasteiger partial charge in [-0.1, -0.05) is 13.3 Å². The van der Waals surface area contributed by atoms with Crippen LogP contribution in [0, 0.1) is 0 Å². The monoisotopic (exact) mass is 256 g/mol. The number of cyclic esters (lactones) is 1. The van der Waals surface area contributed by atoms with Crippen molar-refractivity contribution in [2.24, 2.45) is 0 Å². The van der Waals surface area contributed by atoms with Crippen LogP contribution in [-0.4, -0.2) is 31.3 Å². The zero-order valence-corrected chi connectivity index (χ0v) is 11.1. The number of carbonyl (C=O) groups excluding carboxylic acids is 2. The minimum absolute atomic E-state index is 0.360. The molecule has 0 radical (unpaired) electrons. The van der Waals surface area contributed by atoms with Crippen LogP contribution in [0.4, 0.5) is 0 Å². The number of hydrogen-bond donors (Lipinski definition) is 0. The van der Waals surface area contributed by atoms with Crippen molar-refractivity contribution >= 4 is 11.9 Å². The van der Waals surface area contributed by atoms with Crippen molar-refractivity contribution in [1.29, 1.82) is 0 Å². The third-order valence-electron chi connectivity index (χ3n) is 2.79. The van der Waals surface area contributed by atoms with E-state index in [1.54, 1.807) is 0 Å². The molecule has 0 aliphatic carbocycles. The molecule has 18 heavy (non-hydrogen) atoms. The average molecular weight is 256 g/mol. The Morgan fingerprint density at radius 1 is 1.61 bits per heavy atom. The van der Waals surface area contributed by atoms with E-state index >= 15 is 0 Å². The molecule has 0 bridgehead atoms. The number of methoxy groups -OCH3 is 1. The molecular weight excluding hydrogens is 236 g/mol. The van der Waals surface area contributed by atoms with Crippen LogP contribution >= 0.6 is 0 Å². The number of carbonyl (C=O) groups is 2. The van der Waals surface area contributed by atoms with E-state index in [9.17, 15) is 9.59 Å². The van der Waals surface area contributed by atoms with Crippen LogP contribution in [0.3, 0.4) is 0 Å². The molecule has 0 N–H and O–H groups in total. The van der Waals surface area contributed by atoms with Crippen molar-refractivity contribution < 1.29 is 23.8 Å². The maximum Gasteiger partial charge on any atom is 0.334 e. The second kappa shape index (κ2) is 7.03. The lowest BCUT2D eigenvalue weighted by atomic mass is 10.0. The van der Waals surface area contributed by atoms with Crippen LogP contribution < -0.4 is 0 Å². The van der Waals surface area contributed by atoms with E-state index in [1.807, 2.05) is 0 Å². The fraction of sp³-hybridized carbons (Fsp3) is 0.692. The van der Waals surface area contributed by atoms with Crippen LogP contribution in [0.1, 0.15) is 39.5 Å². The Morgan fingerprint density at radius 3 is 2.89 bits per heavy atom. The first-order valence-electron chi connectivity index (χ1n) is 6.19. The molecule has 1 heterocycles. The van der Waals surface area contributed by atoms with Crippen LogP contribution in [0.5, 0.6) is 0 Å². The van der Waals surface area contributed by atoms with Gasteiger partial charge in [-0.15, -0.1) is 0 Å². The van der Waals surface area contributed by atoms with Gasteiger partial charge in [-0.25, -0.2) is 4.79 Å². The van der Waals surface area contributed by atoms with Gasteiger partial charge in [-0.05, 0) is 12.8 Å². The second-order valence-electron chi connectivity index (χ2n) is 4.28. The van der Waals surface area contributed by atoms with E-state index in [1.165, 1.54) is 20.1 Å². The van der Waals surface area contributed by atoms with Crippen molar-refractivity contribution in [3.63, 3.8) is 0 Å². The van der Waals surface area contributed by atoms with E-state index in [-0.39, 0.29) is 5.97 Å². The van der Waals surface area contributed by atoms with Crippen LogP contribution in [-0.2, 0) is 23.8 Å². The highest BCUT2D eigenvalue weighted by molar-refractivity contribution is 5.83. The van der Waals surface area contributed by atoms with E-state index in [2.05, 4.69) is 6.92 Å². The summed E-state index contributed by atoms with van der Waals surface area (Å²) in [5.74, 6) is -0.248. The third-order valence-corrected chi connectivity index (χ3v) is 2.79. The molecule has 0 aromatic carbocycles. The van der Waals surface area contributed by atoms with Crippen molar-refractivity contribution in [3.8, 4) is 0 Å². The Hall–Kier alpha value is -1.52. The Bertz CT molecular complexity index is 334. The lowest BCUT2D eigenvalue weighted by Gasteiger charge is -2.29. The second-order valence-corrected chi connectivity index (χ2v) is 4.28. The van der Waals surface area contributed by atoms with E-state index in [4.69, 9.17) is 14.2 Å². The highest BCUT2D eigenvalue weighted by Gasteiger charge is 2.31. The van der Waals surface area contributed by atoms with Gasteiger partial charge in [0.25, 0.3) is 0 Å². The number of rotatable bonds is 6. The predicted octanol–water partition coefficient (Wildman–Crippen LogP) is 1.95. The highest BCUT2D eigenvalue weighted by Crippen LogP contribution is 2.23. The molecule has 0 aromatic heterocycles. The molecule has 2 unspecified atom stereocenters. The molecule has 102 valence electrons. The SMILES string of the molecule is CCCCC(OC(C)=O)C1CC(OC)=CC(=O)O1. The van der Waals surface area contributed by atoms with Crippen molar-refractivity contribution in [1.82, 2.24) is 0 Å². The first-order valence-corrected chi connectivity index (χ1v) is 6.19. The largest absolute Gasteiger partial charge is 0.501 e. The van der Waals surface area contributed by atoms with Gasteiger partial charge in [-0.3, -0.25) is 4.79 Å². The van der Waals surface area contributed by atoms with E-state index < -0.39 is 18.2 Å². The zero-order chi connectivity index (χ0) is 13.5. The molecule has 0 saturated carbocycles. The summed E-state index contributed by atoms with van der Waals surface area (Å²) in [6.07, 6.45) is 3.51. The van der Waals surface area contributed by atoms with Crippen molar-refractivity contribution in [2.45, 2.75) is 51.7 Å². The summed E-state index contributed by atoms with van der Waals surface area (Å²) in [6, 6.07) is 0. The molecule has 0 fully saturated rings. The molecule has 0 amide bonds. The van der Waals surface area contributed by atoms with Gasteiger partial charge in [0.1, 0.15) is 18.0 Å². The normalized spacial score (nSPS) is 20.7. The van der Waals surface area contributed by atoms with Gasteiger partial charge >= 0.3 is 11.9 Å². The standard InChI is InChI=1S/C13H20O5/c1-4-5-6-11(17-9(2)14)12-7-10(16-3)8-13(15)18-12/h8,11-12H,4-7H2,1-3H3. The van der Waals surface area contributed by atoms with Gasteiger partial charge in [0, 0.05) is 13.3 Å². The summed E-state index contributed by atoms with van der Waals surface area (Å²) in [4.78, 5) is 22.5. The summed E-state index contributed by atoms with van der Waals surface area (Å²) in [7, 11) is 1.51. The van der Waals surface area contributed by atoms with Crippen molar-refractivity contribution in [2.75, 3.05) is 7.11 Å². The van der Waals surface area contributed by atoms with Gasteiger partial charge in [0.05, 0.1) is 13.2 Å². The summed E-state index contributed by atoms with van der Waals surface area (Å²) in [5.41, 5.74) is 0. The molecule has 0 saturated heterocycles.